The van der Waals surface area contributed by atoms with Crippen LogP contribution in [0.5, 0.6) is 0 Å². The van der Waals surface area contributed by atoms with E-state index in [2.05, 4.69) is 36.2 Å². The molecular formula is C10H12BrN5S. The van der Waals surface area contributed by atoms with Crippen LogP contribution in [0.2, 0.25) is 0 Å². The maximum atomic E-state index is 4.25. The molecule has 0 saturated carbocycles. The van der Waals surface area contributed by atoms with Crippen molar-refractivity contribution in [1.82, 2.24) is 19.5 Å². The second-order valence-corrected chi connectivity index (χ2v) is 5.04. The number of nitrogens with zero attached hydrogens (tertiary/aromatic N) is 4. The Morgan fingerprint density at radius 2 is 2.24 bits per heavy atom. The predicted octanol–water partition coefficient (Wildman–Crippen LogP) is 2.56. The van der Waals surface area contributed by atoms with Crippen LogP contribution in [0.3, 0.4) is 0 Å². The van der Waals surface area contributed by atoms with Gasteiger partial charge in [-0.1, -0.05) is 0 Å². The van der Waals surface area contributed by atoms with Gasteiger partial charge in [0.05, 0.1) is 4.47 Å². The second kappa shape index (κ2) is 5.50. The highest BCUT2D eigenvalue weighted by Gasteiger charge is 2.11. The third-order valence-corrected chi connectivity index (χ3v) is 4.16. The molecule has 0 aliphatic heterocycles. The van der Waals surface area contributed by atoms with Gasteiger partial charge in [0.25, 0.3) is 0 Å². The van der Waals surface area contributed by atoms with Gasteiger partial charge in [-0.25, -0.2) is 15.0 Å². The van der Waals surface area contributed by atoms with E-state index in [-0.39, 0.29) is 0 Å². The SMILES string of the molecule is CCNc1ncnc(Sc2nccn2C)c1Br. The van der Waals surface area contributed by atoms with Crippen molar-refractivity contribution in [2.24, 2.45) is 7.05 Å². The fourth-order valence-corrected chi connectivity index (χ4v) is 2.62. The van der Waals surface area contributed by atoms with Crippen molar-refractivity contribution in [1.29, 1.82) is 0 Å². The van der Waals surface area contributed by atoms with Crippen LogP contribution in [0.15, 0.2) is 33.4 Å². The molecule has 0 spiro atoms. The minimum Gasteiger partial charge on any atom is -0.369 e. The third kappa shape index (κ3) is 2.78. The van der Waals surface area contributed by atoms with E-state index < -0.39 is 0 Å². The lowest BCUT2D eigenvalue weighted by atomic mass is 10.5. The van der Waals surface area contributed by atoms with Gasteiger partial charge in [-0.05, 0) is 34.6 Å². The average Bonchev–Trinajstić information content (AvgIpc) is 2.70. The van der Waals surface area contributed by atoms with Crippen molar-refractivity contribution in [3.63, 3.8) is 0 Å². The molecule has 0 aromatic carbocycles. The lowest BCUT2D eigenvalue weighted by Crippen LogP contribution is -2.02. The molecule has 0 saturated heterocycles. The quantitative estimate of drug-likeness (QED) is 0.879. The van der Waals surface area contributed by atoms with E-state index in [1.807, 2.05) is 24.7 Å². The van der Waals surface area contributed by atoms with Crippen LogP contribution in [-0.4, -0.2) is 26.1 Å². The highest BCUT2D eigenvalue weighted by molar-refractivity contribution is 9.10. The lowest BCUT2D eigenvalue weighted by molar-refractivity contribution is 0.788. The largest absolute Gasteiger partial charge is 0.369 e. The molecule has 7 heteroatoms. The summed E-state index contributed by atoms with van der Waals surface area (Å²) in [6, 6.07) is 0. The molecule has 2 aromatic rings. The van der Waals surface area contributed by atoms with E-state index in [4.69, 9.17) is 0 Å². The normalized spacial score (nSPS) is 10.5. The third-order valence-electron chi connectivity index (χ3n) is 2.07. The number of rotatable bonds is 4. The summed E-state index contributed by atoms with van der Waals surface area (Å²) in [5.41, 5.74) is 0. The zero-order valence-electron chi connectivity index (χ0n) is 9.51. The first-order chi connectivity index (χ1) is 8.22. The van der Waals surface area contributed by atoms with Crippen LogP contribution in [0.4, 0.5) is 5.82 Å². The van der Waals surface area contributed by atoms with Gasteiger partial charge in [-0.3, -0.25) is 0 Å². The average molecular weight is 314 g/mol. The van der Waals surface area contributed by atoms with Gasteiger partial charge < -0.3 is 9.88 Å². The van der Waals surface area contributed by atoms with Crippen LogP contribution in [0.1, 0.15) is 6.92 Å². The number of aryl methyl sites for hydroxylation is 1. The molecule has 5 nitrogen and oxygen atoms in total. The van der Waals surface area contributed by atoms with E-state index >= 15 is 0 Å². The Hall–Kier alpha value is -1.08. The number of halogens is 1. The number of nitrogens with one attached hydrogen (secondary N) is 1. The maximum Gasteiger partial charge on any atom is 0.174 e. The molecule has 0 unspecified atom stereocenters. The fourth-order valence-electron chi connectivity index (χ4n) is 1.25. The van der Waals surface area contributed by atoms with Gasteiger partial charge in [-0.15, -0.1) is 0 Å². The Kier molecular flexibility index (Phi) is 4.01. The van der Waals surface area contributed by atoms with Gasteiger partial charge in [0.15, 0.2) is 5.16 Å². The molecule has 90 valence electrons. The predicted molar refractivity (Wildman–Crippen MR) is 71.2 cm³/mol. The molecule has 0 aliphatic rings. The zero-order valence-corrected chi connectivity index (χ0v) is 11.9. The standard InChI is InChI=1S/C10H12BrN5S/c1-3-12-8-7(11)9(15-6-14-8)17-10-13-4-5-16(10)2/h4-6H,3H2,1-2H3,(H,12,14,15). The van der Waals surface area contributed by atoms with Gasteiger partial charge in [0.1, 0.15) is 17.2 Å². The molecule has 2 heterocycles. The molecule has 0 amide bonds. The highest BCUT2D eigenvalue weighted by Crippen LogP contribution is 2.33. The van der Waals surface area contributed by atoms with E-state index in [0.717, 1.165) is 27.0 Å². The number of anilines is 1. The first kappa shape index (κ1) is 12.4. The maximum absolute atomic E-state index is 4.25. The zero-order chi connectivity index (χ0) is 12.3. The Labute approximate surface area is 112 Å². The highest BCUT2D eigenvalue weighted by atomic mass is 79.9. The summed E-state index contributed by atoms with van der Waals surface area (Å²) in [6.45, 7) is 2.85. The minimum absolute atomic E-state index is 0.805. The first-order valence-electron chi connectivity index (χ1n) is 5.12. The molecule has 17 heavy (non-hydrogen) atoms. The number of imidazole rings is 1. The molecular weight excluding hydrogens is 302 g/mol. The Bertz CT molecular complexity index is 513. The second-order valence-electron chi connectivity index (χ2n) is 3.29. The number of hydrogen-bond acceptors (Lipinski definition) is 5. The van der Waals surface area contributed by atoms with E-state index in [9.17, 15) is 0 Å². The van der Waals surface area contributed by atoms with Crippen LogP contribution in [0.25, 0.3) is 0 Å². The summed E-state index contributed by atoms with van der Waals surface area (Å²) in [6.07, 6.45) is 5.22. The van der Waals surface area contributed by atoms with Gasteiger partial charge in [0, 0.05) is 26.0 Å². The van der Waals surface area contributed by atoms with E-state index in [0.29, 0.717) is 0 Å². The Morgan fingerprint density at radius 1 is 1.41 bits per heavy atom. The van der Waals surface area contributed by atoms with E-state index in [1.54, 1.807) is 12.5 Å². The van der Waals surface area contributed by atoms with Crippen molar-refractivity contribution in [3.05, 3.63) is 23.2 Å². The van der Waals surface area contributed by atoms with Crippen LogP contribution in [-0.2, 0) is 7.05 Å². The molecule has 0 aliphatic carbocycles. The van der Waals surface area contributed by atoms with Crippen LogP contribution >= 0.6 is 27.7 Å². The van der Waals surface area contributed by atoms with Gasteiger partial charge in [0.2, 0.25) is 0 Å². The van der Waals surface area contributed by atoms with Gasteiger partial charge >= 0.3 is 0 Å². The van der Waals surface area contributed by atoms with Crippen molar-refractivity contribution in [2.45, 2.75) is 17.1 Å². The molecule has 2 aromatic heterocycles. The summed E-state index contributed by atoms with van der Waals surface area (Å²) >= 11 is 5.01. The molecule has 0 fully saturated rings. The minimum atomic E-state index is 0.805. The van der Waals surface area contributed by atoms with Crippen molar-refractivity contribution >= 4 is 33.5 Å². The van der Waals surface area contributed by atoms with E-state index in [1.165, 1.54) is 11.8 Å². The summed E-state index contributed by atoms with van der Waals surface area (Å²) in [5.74, 6) is 0.805. The summed E-state index contributed by atoms with van der Waals surface area (Å²) in [5, 5.41) is 4.92. The fraction of sp³-hybridized carbons (Fsp3) is 0.300. The lowest BCUT2D eigenvalue weighted by Gasteiger charge is -2.08. The number of hydrogen-bond donors (Lipinski definition) is 1. The molecule has 0 atom stereocenters. The smallest absolute Gasteiger partial charge is 0.174 e. The Balaban J connectivity index is 2.27. The summed E-state index contributed by atoms with van der Waals surface area (Å²) < 4.78 is 2.82. The number of aromatic nitrogens is 4. The molecule has 0 radical (unpaired) electrons. The van der Waals surface area contributed by atoms with Crippen LogP contribution in [0, 0.1) is 0 Å². The van der Waals surface area contributed by atoms with Crippen molar-refractivity contribution in [2.75, 3.05) is 11.9 Å². The molecule has 0 bridgehead atoms. The summed E-state index contributed by atoms with van der Waals surface area (Å²) in [7, 11) is 1.95. The Morgan fingerprint density at radius 3 is 2.88 bits per heavy atom. The molecule has 2 rings (SSSR count). The van der Waals surface area contributed by atoms with Crippen molar-refractivity contribution in [3.8, 4) is 0 Å². The summed E-state index contributed by atoms with van der Waals surface area (Å²) in [4.78, 5) is 12.7. The first-order valence-corrected chi connectivity index (χ1v) is 6.73. The van der Waals surface area contributed by atoms with Crippen molar-refractivity contribution < 1.29 is 0 Å². The topological polar surface area (TPSA) is 55.6 Å². The van der Waals surface area contributed by atoms with Crippen LogP contribution < -0.4 is 5.32 Å². The van der Waals surface area contributed by atoms with Gasteiger partial charge in [-0.2, -0.15) is 0 Å². The monoisotopic (exact) mass is 313 g/mol. The molecule has 1 N–H and O–H groups in total.